The van der Waals surface area contributed by atoms with Crippen molar-refractivity contribution < 1.29 is 18.7 Å². The molecule has 0 unspecified atom stereocenters. The number of para-hydroxylation sites is 1. The summed E-state index contributed by atoms with van der Waals surface area (Å²) in [7, 11) is 4.91. The van der Waals surface area contributed by atoms with Crippen molar-refractivity contribution in [3.8, 4) is 11.5 Å². The van der Waals surface area contributed by atoms with Crippen LogP contribution in [0.15, 0.2) is 57.7 Å². The number of hydrogen-bond donors (Lipinski definition) is 1. The fraction of sp³-hybridized carbons (Fsp3) is 0.182. The van der Waals surface area contributed by atoms with Crippen LogP contribution < -0.4 is 20.4 Å². The van der Waals surface area contributed by atoms with Crippen LogP contribution in [-0.2, 0) is 13.6 Å². The number of methoxy groups -OCH3 is 2. The molecule has 0 aliphatic carbocycles. The highest BCUT2D eigenvalue weighted by molar-refractivity contribution is 6.07. The number of carbonyl (C=O) groups excluding carboxylic acids is 1. The number of nitrogens with zero attached hydrogens (tertiary/aromatic N) is 1. The standard InChI is InChI=1S/C22H20N2O5/c1-24-17(11-16-20(24)15-6-4-5-7-19(15)29-22(16)26)21(25)23-12-13-10-14(27-2)8-9-18(13)28-3/h4-11H,12H2,1-3H3,(H,23,25). The molecule has 0 aliphatic heterocycles. The van der Waals surface area contributed by atoms with Crippen LogP contribution in [0.5, 0.6) is 11.5 Å². The van der Waals surface area contributed by atoms with Gasteiger partial charge in [-0.1, -0.05) is 12.1 Å². The highest BCUT2D eigenvalue weighted by Gasteiger charge is 2.19. The first-order valence-corrected chi connectivity index (χ1v) is 9.04. The molecule has 0 atom stereocenters. The lowest BCUT2D eigenvalue weighted by Gasteiger charge is -2.12. The van der Waals surface area contributed by atoms with Crippen molar-refractivity contribution in [2.45, 2.75) is 6.54 Å². The quantitative estimate of drug-likeness (QED) is 0.527. The minimum Gasteiger partial charge on any atom is -0.497 e. The predicted molar refractivity (Wildman–Crippen MR) is 110 cm³/mol. The van der Waals surface area contributed by atoms with E-state index in [1.165, 1.54) is 0 Å². The van der Waals surface area contributed by atoms with E-state index in [2.05, 4.69) is 5.32 Å². The van der Waals surface area contributed by atoms with Crippen LogP contribution in [0, 0.1) is 0 Å². The Bertz CT molecular complexity index is 1290. The predicted octanol–water partition coefficient (Wildman–Crippen LogP) is 3.23. The van der Waals surface area contributed by atoms with E-state index in [1.54, 1.807) is 56.2 Å². The number of amides is 1. The van der Waals surface area contributed by atoms with E-state index in [0.29, 0.717) is 33.7 Å². The van der Waals surface area contributed by atoms with Gasteiger partial charge in [0.1, 0.15) is 22.8 Å². The molecule has 1 amide bonds. The minimum absolute atomic E-state index is 0.246. The highest BCUT2D eigenvalue weighted by atomic mass is 16.5. The number of nitrogens with one attached hydrogen (secondary N) is 1. The van der Waals surface area contributed by atoms with Gasteiger partial charge in [0.15, 0.2) is 0 Å². The van der Waals surface area contributed by atoms with E-state index >= 15 is 0 Å². The molecule has 1 N–H and O–H groups in total. The number of rotatable bonds is 5. The van der Waals surface area contributed by atoms with Gasteiger partial charge in [0.05, 0.1) is 25.1 Å². The number of fused-ring (bicyclic) bond motifs is 3. The maximum absolute atomic E-state index is 12.9. The molecule has 0 bridgehead atoms. The van der Waals surface area contributed by atoms with E-state index in [9.17, 15) is 9.59 Å². The van der Waals surface area contributed by atoms with E-state index in [0.717, 1.165) is 10.9 Å². The van der Waals surface area contributed by atoms with Crippen LogP contribution in [0.25, 0.3) is 21.9 Å². The molecule has 2 heterocycles. The second-order valence-corrected chi connectivity index (χ2v) is 6.60. The third kappa shape index (κ3) is 3.20. The Hall–Kier alpha value is -3.74. The molecule has 29 heavy (non-hydrogen) atoms. The molecule has 4 aromatic rings. The largest absolute Gasteiger partial charge is 0.497 e. The monoisotopic (exact) mass is 392 g/mol. The summed E-state index contributed by atoms with van der Waals surface area (Å²) in [5.74, 6) is 1.01. The number of ether oxygens (including phenoxy) is 2. The smallest absolute Gasteiger partial charge is 0.345 e. The van der Waals surface area contributed by atoms with Gasteiger partial charge in [-0.05, 0) is 36.4 Å². The van der Waals surface area contributed by atoms with Crippen LogP contribution in [0.4, 0.5) is 0 Å². The zero-order valence-electron chi connectivity index (χ0n) is 16.3. The fourth-order valence-corrected chi connectivity index (χ4v) is 3.49. The summed E-state index contributed by atoms with van der Waals surface area (Å²) in [6.45, 7) is 0.246. The minimum atomic E-state index is -0.470. The summed E-state index contributed by atoms with van der Waals surface area (Å²) in [6, 6.07) is 14.2. The van der Waals surface area contributed by atoms with Gasteiger partial charge in [-0.25, -0.2) is 4.79 Å². The lowest BCUT2D eigenvalue weighted by atomic mass is 10.2. The van der Waals surface area contributed by atoms with Gasteiger partial charge in [0.25, 0.3) is 5.91 Å². The van der Waals surface area contributed by atoms with E-state index in [-0.39, 0.29) is 12.5 Å². The first-order valence-electron chi connectivity index (χ1n) is 9.04. The van der Waals surface area contributed by atoms with Crippen molar-refractivity contribution in [3.63, 3.8) is 0 Å². The number of aryl methyl sites for hydroxylation is 1. The topological polar surface area (TPSA) is 82.7 Å². The van der Waals surface area contributed by atoms with Gasteiger partial charge in [0, 0.05) is 24.5 Å². The number of carbonyl (C=O) groups is 1. The van der Waals surface area contributed by atoms with Gasteiger partial charge in [-0.3, -0.25) is 4.79 Å². The Morgan fingerprint density at radius 2 is 1.86 bits per heavy atom. The summed E-state index contributed by atoms with van der Waals surface area (Å²) in [6.07, 6.45) is 0. The highest BCUT2D eigenvalue weighted by Crippen LogP contribution is 2.26. The third-order valence-corrected chi connectivity index (χ3v) is 4.96. The molecule has 2 aromatic carbocycles. The zero-order chi connectivity index (χ0) is 20.5. The number of hydrogen-bond acceptors (Lipinski definition) is 5. The third-order valence-electron chi connectivity index (χ3n) is 4.96. The fourth-order valence-electron chi connectivity index (χ4n) is 3.49. The number of benzene rings is 2. The van der Waals surface area contributed by atoms with E-state index < -0.39 is 5.63 Å². The van der Waals surface area contributed by atoms with Crippen LogP contribution in [0.3, 0.4) is 0 Å². The average molecular weight is 392 g/mol. The summed E-state index contributed by atoms with van der Waals surface area (Å²) < 4.78 is 17.7. The molecular weight excluding hydrogens is 372 g/mol. The molecule has 0 spiro atoms. The van der Waals surface area contributed by atoms with Crippen molar-refractivity contribution in [2.24, 2.45) is 7.05 Å². The van der Waals surface area contributed by atoms with Crippen molar-refractivity contribution >= 4 is 27.8 Å². The molecule has 0 saturated carbocycles. The summed E-state index contributed by atoms with van der Waals surface area (Å²) >= 11 is 0. The van der Waals surface area contributed by atoms with E-state index in [1.807, 2.05) is 18.2 Å². The van der Waals surface area contributed by atoms with Crippen molar-refractivity contribution in [1.29, 1.82) is 0 Å². The Morgan fingerprint density at radius 3 is 2.62 bits per heavy atom. The van der Waals surface area contributed by atoms with Crippen LogP contribution in [-0.4, -0.2) is 24.7 Å². The summed E-state index contributed by atoms with van der Waals surface area (Å²) in [4.78, 5) is 25.2. The molecular formula is C22H20N2O5. The SMILES string of the molecule is COc1ccc(OC)c(CNC(=O)c2cc3c(=O)oc4ccccc4c3n2C)c1. The molecule has 0 saturated heterocycles. The van der Waals surface area contributed by atoms with Crippen molar-refractivity contribution in [2.75, 3.05) is 14.2 Å². The Morgan fingerprint density at radius 1 is 1.07 bits per heavy atom. The second-order valence-electron chi connectivity index (χ2n) is 6.60. The molecule has 0 fully saturated rings. The van der Waals surface area contributed by atoms with Crippen LogP contribution >= 0.6 is 0 Å². The van der Waals surface area contributed by atoms with Gasteiger partial charge in [-0.2, -0.15) is 0 Å². The molecule has 0 aliphatic rings. The zero-order valence-corrected chi connectivity index (χ0v) is 16.3. The van der Waals surface area contributed by atoms with E-state index in [4.69, 9.17) is 13.9 Å². The van der Waals surface area contributed by atoms with Crippen molar-refractivity contribution in [1.82, 2.24) is 9.88 Å². The van der Waals surface area contributed by atoms with Gasteiger partial charge >= 0.3 is 5.63 Å². The molecule has 4 rings (SSSR count). The second kappa shape index (κ2) is 7.35. The Balaban J connectivity index is 1.70. The first kappa shape index (κ1) is 18.6. The molecule has 0 radical (unpaired) electrons. The molecule has 2 aromatic heterocycles. The molecule has 148 valence electrons. The van der Waals surface area contributed by atoms with Crippen LogP contribution in [0.2, 0.25) is 0 Å². The van der Waals surface area contributed by atoms with Gasteiger partial charge < -0.3 is 23.8 Å². The summed E-state index contributed by atoms with van der Waals surface area (Å²) in [5, 5.41) is 4.03. The molecule has 7 nitrogen and oxygen atoms in total. The lowest BCUT2D eigenvalue weighted by Crippen LogP contribution is -2.25. The van der Waals surface area contributed by atoms with Gasteiger partial charge in [0.2, 0.25) is 0 Å². The van der Waals surface area contributed by atoms with Gasteiger partial charge in [-0.15, -0.1) is 0 Å². The Labute approximate surface area is 166 Å². The maximum Gasteiger partial charge on any atom is 0.345 e. The van der Waals surface area contributed by atoms with Crippen LogP contribution in [0.1, 0.15) is 16.1 Å². The molecule has 7 heteroatoms. The summed E-state index contributed by atoms with van der Waals surface area (Å²) in [5.41, 5.74) is 1.83. The maximum atomic E-state index is 12.9. The lowest BCUT2D eigenvalue weighted by molar-refractivity contribution is 0.0943. The normalized spacial score (nSPS) is 11.0. The van der Waals surface area contributed by atoms with Crippen molar-refractivity contribution in [3.05, 3.63) is 70.2 Å². The number of aromatic nitrogens is 1. The Kier molecular flexibility index (Phi) is 4.72. The first-order chi connectivity index (χ1) is 14.0. The average Bonchev–Trinajstić information content (AvgIpc) is 3.10.